The van der Waals surface area contributed by atoms with Gasteiger partial charge in [0.05, 0.1) is 12.4 Å². The van der Waals surface area contributed by atoms with E-state index in [2.05, 4.69) is 25.6 Å². The minimum Gasteiger partial charge on any atom is -0.480 e. The number of likely N-dealkylation sites (tertiary alicyclic amines) is 1. The van der Waals surface area contributed by atoms with Crippen molar-refractivity contribution < 1.29 is 24.3 Å². The fourth-order valence-electron chi connectivity index (χ4n) is 4.97. The minimum atomic E-state index is -1.07. The molecule has 2 aromatic heterocycles. The van der Waals surface area contributed by atoms with Crippen molar-refractivity contribution in [2.24, 2.45) is 11.7 Å². The van der Waals surface area contributed by atoms with Crippen LogP contribution in [-0.4, -0.2) is 79.4 Å². The third-order valence-electron chi connectivity index (χ3n) is 7.11. The molecule has 7 N–H and O–H groups in total. The van der Waals surface area contributed by atoms with Crippen molar-refractivity contribution in [3.63, 3.8) is 0 Å². The molecule has 208 valence electrons. The van der Waals surface area contributed by atoms with Crippen LogP contribution < -0.4 is 16.4 Å². The van der Waals surface area contributed by atoms with Crippen LogP contribution >= 0.6 is 0 Å². The maximum Gasteiger partial charge on any atom is 0.326 e. The van der Waals surface area contributed by atoms with E-state index in [0.717, 1.165) is 16.5 Å². The molecule has 4 unspecified atom stereocenters. The van der Waals surface area contributed by atoms with Gasteiger partial charge in [0.2, 0.25) is 17.7 Å². The molecule has 1 aromatic carbocycles. The number of carboxylic acid groups (broad SMARTS) is 1. The molecule has 0 aliphatic carbocycles. The molecular formula is C27H35N7O5. The first kappa shape index (κ1) is 27.8. The van der Waals surface area contributed by atoms with E-state index < -0.39 is 47.9 Å². The van der Waals surface area contributed by atoms with Crippen LogP contribution in [0.25, 0.3) is 10.9 Å². The third-order valence-corrected chi connectivity index (χ3v) is 7.11. The Labute approximate surface area is 225 Å². The average molecular weight is 538 g/mol. The summed E-state index contributed by atoms with van der Waals surface area (Å²) in [5.74, 6) is -2.92. The Morgan fingerprint density at radius 2 is 1.90 bits per heavy atom. The van der Waals surface area contributed by atoms with Crippen LogP contribution in [-0.2, 0) is 32.0 Å². The number of hydrogen-bond acceptors (Lipinski definition) is 6. The van der Waals surface area contributed by atoms with Crippen molar-refractivity contribution in [1.82, 2.24) is 30.5 Å². The summed E-state index contributed by atoms with van der Waals surface area (Å²) in [6.07, 6.45) is 6.12. The van der Waals surface area contributed by atoms with Gasteiger partial charge in [0.25, 0.3) is 0 Å². The topological polar surface area (TPSA) is 186 Å². The number of benzene rings is 1. The first-order valence-corrected chi connectivity index (χ1v) is 13.1. The second kappa shape index (κ2) is 12.1. The van der Waals surface area contributed by atoms with Crippen molar-refractivity contribution >= 4 is 34.6 Å². The molecule has 1 fully saturated rings. The predicted molar refractivity (Wildman–Crippen MR) is 143 cm³/mol. The summed E-state index contributed by atoms with van der Waals surface area (Å²) in [6.45, 7) is 3.86. The summed E-state index contributed by atoms with van der Waals surface area (Å²) in [7, 11) is 0. The Bertz CT molecular complexity index is 1320. The summed E-state index contributed by atoms with van der Waals surface area (Å²) in [6, 6.07) is 3.84. The largest absolute Gasteiger partial charge is 0.480 e. The number of carbonyl (C=O) groups excluding carboxylic acids is 3. The number of para-hydroxylation sites is 1. The highest BCUT2D eigenvalue weighted by Crippen LogP contribution is 2.21. The molecule has 12 nitrogen and oxygen atoms in total. The molecule has 0 radical (unpaired) electrons. The van der Waals surface area contributed by atoms with E-state index in [4.69, 9.17) is 5.73 Å². The van der Waals surface area contributed by atoms with Crippen molar-refractivity contribution in [2.45, 2.75) is 63.7 Å². The fraction of sp³-hybridized carbons (Fsp3) is 0.444. The zero-order valence-electron chi connectivity index (χ0n) is 22.0. The lowest BCUT2D eigenvalue weighted by atomic mass is 10.0. The number of nitrogens with two attached hydrogens (primary N) is 1. The number of fused-ring (bicyclic) bond motifs is 1. The third kappa shape index (κ3) is 6.45. The molecule has 4 atom stereocenters. The van der Waals surface area contributed by atoms with Crippen molar-refractivity contribution in [2.75, 3.05) is 6.54 Å². The second-order valence-electron chi connectivity index (χ2n) is 10.3. The summed E-state index contributed by atoms with van der Waals surface area (Å²) in [5.41, 5.74) is 8.68. The Balaban J connectivity index is 1.48. The molecule has 1 saturated heterocycles. The number of carbonyl (C=O) groups is 4. The van der Waals surface area contributed by atoms with Crippen LogP contribution in [0.3, 0.4) is 0 Å². The Hall–Kier alpha value is -4.19. The summed E-state index contributed by atoms with van der Waals surface area (Å²) >= 11 is 0. The Kier molecular flexibility index (Phi) is 8.65. The molecule has 12 heteroatoms. The van der Waals surface area contributed by atoms with Crippen molar-refractivity contribution in [1.29, 1.82) is 0 Å². The SMILES string of the molecule is CC(C)C(NC(=O)C(Cc1cnc[nH]1)NC(=O)C(N)Cc1c[nH]c2ccccc12)C(=O)N1CCCC1C(=O)O. The molecule has 0 saturated carbocycles. The number of amides is 3. The van der Waals surface area contributed by atoms with Gasteiger partial charge in [-0.3, -0.25) is 14.4 Å². The number of aliphatic carboxylic acids is 1. The van der Waals surface area contributed by atoms with Gasteiger partial charge < -0.3 is 36.3 Å². The van der Waals surface area contributed by atoms with E-state index in [-0.39, 0.29) is 18.8 Å². The van der Waals surface area contributed by atoms with Gasteiger partial charge in [-0.05, 0) is 36.8 Å². The van der Waals surface area contributed by atoms with Gasteiger partial charge in [0.1, 0.15) is 18.1 Å². The van der Waals surface area contributed by atoms with Crippen molar-refractivity contribution in [3.8, 4) is 0 Å². The highest BCUT2D eigenvalue weighted by molar-refractivity contribution is 5.95. The number of nitrogens with zero attached hydrogens (tertiary/aromatic N) is 2. The molecule has 0 spiro atoms. The maximum absolute atomic E-state index is 13.5. The summed E-state index contributed by atoms with van der Waals surface area (Å²) in [5, 5.41) is 16.0. The van der Waals surface area contributed by atoms with Crippen molar-refractivity contribution in [3.05, 3.63) is 54.2 Å². The lowest BCUT2D eigenvalue weighted by Gasteiger charge is -2.30. The Morgan fingerprint density at radius 1 is 1.13 bits per heavy atom. The number of imidazole rings is 1. The quantitative estimate of drug-likeness (QED) is 0.208. The second-order valence-corrected chi connectivity index (χ2v) is 10.3. The van der Waals surface area contributed by atoms with Gasteiger partial charge in [-0.1, -0.05) is 32.0 Å². The fourth-order valence-corrected chi connectivity index (χ4v) is 4.97. The molecule has 4 rings (SSSR count). The number of aromatic nitrogens is 3. The normalized spacial score (nSPS) is 17.6. The van der Waals surface area contributed by atoms with Crippen LogP contribution in [0.2, 0.25) is 0 Å². The lowest BCUT2D eigenvalue weighted by Crippen LogP contribution is -2.59. The van der Waals surface area contributed by atoms with E-state index >= 15 is 0 Å². The molecule has 1 aliphatic rings. The first-order valence-electron chi connectivity index (χ1n) is 13.1. The average Bonchev–Trinajstić information content (AvgIpc) is 3.67. The lowest BCUT2D eigenvalue weighted by molar-refractivity contribution is -0.150. The first-order chi connectivity index (χ1) is 18.7. The van der Waals surface area contributed by atoms with Gasteiger partial charge in [0.15, 0.2) is 0 Å². The van der Waals surface area contributed by atoms with Crippen LogP contribution in [0, 0.1) is 5.92 Å². The number of H-pyrrole nitrogens is 2. The van der Waals surface area contributed by atoms with E-state index in [1.807, 2.05) is 30.5 Å². The van der Waals surface area contributed by atoms with Gasteiger partial charge in [-0.2, -0.15) is 0 Å². The monoisotopic (exact) mass is 537 g/mol. The number of hydrogen-bond donors (Lipinski definition) is 6. The number of aromatic amines is 2. The molecule has 3 heterocycles. The Morgan fingerprint density at radius 3 is 2.59 bits per heavy atom. The zero-order valence-corrected chi connectivity index (χ0v) is 22.0. The molecular weight excluding hydrogens is 502 g/mol. The van der Waals surface area contributed by atoms with Crippen LogP contribution in [0.5, 0.6) is 0 Å². The van der Waals surface area contributed by atoms with Gasteiger partial charge in [-0.15, -0.1) is 0 Å². The molecule has 1 aliphatic heterocycles. The van der Waals surface area contributed by atoms with Gasteiger partial charge in [-0.25, -0.2) is 9.78 Å². The summed E-state index contributed by atoms with van der Waals surface area (Å²) in [4.78, 5) is 62.9. The standard InChI is InChI=1S/C27H35N7O5/c1-15(2)23(26(37)34-9-5-8-22(34)27(38)39)33-25(36)21(11-17-13-29-14-31-17)32-24(35)19(28)10-16-12-30-20-7-4-3-6-18(16)20/h3-4,6-7,12-15,19,21-23,30H,5,8-11,28H2,1-2H3,(H,29,31)(H,32,35)(H,33,36)(H,38,39). The number of carboxylic acids is 1. The van der Waals surface area contributed by atoms with E-state index in [1.165, 1.54) is 11.2 Å². The molecule has 0 bridgehead atoms. The van der Waals surface area contributed by atoms with Crippen LogP contribution in [0.15, 0.2) is 43.0 Å². The smallest absolute Gasteiger partial charge is 0.326 e. The number of rotatable bonds is 11. The maximum atomic E-state index is 13.5. The van der Waals surface area contributed by atoms with Gasteiger partial charge in [0, 0.05) is 42.0 Å². The highest BCUT2D eigenvalue weighted by atomic mass is 16.4. The summed E-state index contributed by atoms with van der Waals surface area (Å²) < 4.78 is 0. The van der Waals surface area contributed by atoms with Gasteiger partial charge >= 0.3 is 5.97 Å². The van der Waals surface area contributed by atoms with Crippen LogP contribution in [0.1, 0.15) is 37.9 Å². The minimum absolute atomic E-state index is 0.0951. The van der Waals surface area contributed by atoms with E-state index in [1.54, 1.807) is 20.0 Å². The predicted octanol–water partition coefficient (Wildman–Crippen LogP) is 0.705. The molecule has 39 heavy (non-hydrogen) atoms. The van der Waals surface area contributed by atoms with E-state index in [0.29, 0.717) is 25.1 Å². The zero-order chi connectivity index (χ0) is 28.1. The van der Waals surface area contributed by atoms with Crippen LogP contribution in [0.4, 0.5) is 0 Å². The highest BCUT2D eigenvalue weighted by Gasteiger charge is 2.39. The van der Waals surface area contributed by atoms with E-state index in [9.17, 15) is 24.3 Å². The number of nitrogens with one attached hydrogen (secondary N) is 4. The molecule has 3 amide bonds. The molecule has 3 aromatic rings.